The summed E-state index contributed by atoms with van der Waals surface area (Å²) in [6.07, 6.45) is -0.458. The average Bonchev–Trinajstić information content (AvgIpc) is 2.16. The molecule has 6 heteroatoms. The Balaban J connectivity index is 4.08. The van der Waals surface area contributed by atoms with E-state index in [9.17, 15) is 14.4 Å². The summed E-state index contributed by atoms with van der Waals surface area (Å²) >= 11 is 0. The highest BCUT2D eigenvalue weighted by molar-refractivity contribution is 5.81. The van der Waals surface area contributed by atoms with Crippen LogP contribution in [-0.2, 0) is 23.9 Å². The maximum absolute atomic E-state index is 11.3. The van der Waals surface area contributed by atoms with Gasteiger partial charge in [0.1, 0.15) is 0 Å². The van der Waals surface area contributed by atoms with E-state index in [-0.39, 0.29) is 6.42 Å². The maximum Gasteiger partial charge on any atom is 0.333 e. The Bertz CT molecular complexity index is 296. The highest BCUT2D eigenvalue weighted by atomic mass is 16.7. The van der Waals surface area contributed by atoms with Crippen LogP contribution in [0.15, 0.2) is 12.7 Å². The Morgan fingerprint density at radius 3 is 2.31 bits per heavy atom. The molecule has 1 N–H and O–H groups in total. The first-order valence-electron chi connectivity index (χ1n) is 4.62. The number of carbonyl (C=O) groups is 3. The third-order valence-corrected chi connectivity index (χ3v) is 1.61. The van der Waals surface area contributed by atoms with Crippen LogP contribution in [0, 0.1) is 5.92 Å². The molecule has 0 aromatic carbocycles. The SMILES string of the molecule is C=CC(=O)OC(C)OC(=O)C(C)CC(=O)O. The normalized spacial score (nSPS) is 13.4. The Hall–Kier alpha value is -1.85. The lowest BCUT2D eigenvalue weighted by Crippen LogP contribution is -2.25. The molecule has 0 spiro atoms. The van der Waals surface area contributed by atoms with E-state index in [2.05, 4.69) is 11.3 Å². The highest BCUT2D eigenvalue weighted by Gasteiger charge is 2.21. The molecule has 0 aliphatic carbocycles. The number of carboxylic acid groups (broad SMARTS) is 1. The molecule has 2 atom stereocenters. The first-order valence-corrected chi connectivity index (χ1v) is 4.62. The van der Waals surface area contributed by atoms with Gasteiger partial charge in [0.25, 0.3) is 0 Å². The Kier molecular flexibility index (Phi) is 5.84. The third kappa shape index (κ3) is 5.79. The van der Waals surface area contributed by atoms with Crippen LogP contribution >= 0.6 is 0 Å². The van der Waals surface area contributed by atoms with Crippen molar-refractivity contribution in [1.29, 1.82) is 0 Å². The molecule has 90 valence electrons. The van der Waals surface area contributed by atoms with Gasteiger partial charge in [-0.3, -0.25) is 9.59 Å². The lowest BCUT2D eigenvalue weighted by molar-refractivity contribution is -0.184. The molecule has 0 aliphatic rings. The quantitative estimate of drug-likeness (QED) is 0.410. The summed E-state index contributed by atoms with van der Waals surface area (Å²) in [4.78, 5) is 32.3. The van der Waals surface area contributed by atoms with Gasteiger partial charge in [-0.05, 0) is 0 Å². The summed E-state index contributed by atoms with van der Waals surface area (Å²) in [6.45, 7) is 5.94. The summed E-state index contributed by atoms with van der Waals surface area (Å²) in [7, 11) is 0. The molecule has 0 rings (SSSR count). The second-order valence-corrected chi connectivity index (χ2v) is 3.14. The lowest BCUT2D eigenvalue weighted by Gasteiger charge is -2.15. The monoisotopic (exact) mass is 230 g/mol. The van der Waals surface area contributed by atoms with E-state index in [1.165, 1.54) is 13.8 Å². The van der Waals surface area contributed by atoms with Crippen LogP contribution in [0.25, 0.3) is 0 Å². The molecule has 0 bridgehead atoms. The second-order valence-electron chi connectivity index (χ2n) is 3.14. The Morgan fingerprint density at radius 1 is 1.31 bits per heavy atom. The highest BCUT2D eigenvalue weighted by Crippen LogP contribution is 2.07. The second kappa shape index (κ2) is 6.60. The zero-order chi connectivity index (χ0) is 12.7. The maximum atomic E-state index is 11.3. The van der Waals surface area contributed by atoms with Crippen LogP contribution in [0.1, 0.15) is 20.3 Å². The van der Waals surface area contributed by atoms with E-state index in [0.29, 0.717) is 0 Å². The molecule has 0 radical (unpaired) electrons. The topological polar surface area (TPSA) is 89.9 Å². The standard InChI is InChI=1S/C10H14O6/c1-4-9(13)15-7(3)16-10(14)6(2)5-8(11)12/h4,6-7H,1,5H2,2-3H3,(H,11,12). The van der Waals surface area contributed by atoms with Crippen molar-refractivity contribution in [3.8, 4) is 0 Å². The van der Waals surface area contributed by atoms with Gasteiger partial charge in [0.15, 0.2) is 0 Å². The summed E-state index contributed by atoms with van der Waals surface area (Å²) in [5.74, 6) is -3.33. The van der Waals surface area contributed by atoms with Crippen molar-refractivity contribution in [2.75, 3.05) is 0 Å². The number of hydrogen-bond donors (Lipinski definition) is 1. The van der Waals surface area contributed by atoms with Crippen LogP contribution in [0.4, 0.5) is 0 Å². The number of carbonyl (C=O) groups excluding carboxylic acids is 2. The van der Waals surface area contributed by atoms with Crippen molar-refractivity contribution in [2.24, 2.45) is 5.92 Å². The van der Waals surface area contributed by atoms with E-state index in [1.54, 1.807) is 0 Å². The summed E-state index contributed by atoms with van der Waals surface area (Å²) in [5.41, 5.74) is 0. The molecule has 0 aromatic heterocycles. The molecule has 0 saturated carbocycles. The van der Waals surface area contributed by atoms with Crippen molar-refractivity contribution in [3.05, 3.63) is 12.7 Å². The molecule has 0 aromatic rings. The van der Waals surface area contributed by atoms with Gasteiger partial charge in [0.05, 0.1) is 12.3 Å². The molecule has 0 amide bonds. The molecule has 16 heavy (non-hydrogen) atoms. The molecule has 6 nitrogen and oxygen atoms in total. The van der Waals surface area contributed by atoms with E-state index in [1.807, 2.05) is 0 Å². The van der Waals surface area contributed by atoms with Crippen LogP contribution in [0.3, 0.4) is 0 Å². The van der Waals surface area contributed by atoms with E-state index in [0.717, 1.165) is 6.08 Å². The first-order chi connectivity index (χ1) is 7.36. The van der Waals surface area contributed by atoms with Crippen LogP contribution in [0.2, 0.25) is 0 Å². The number of hydrogen-bond acceptors (Lipinski definition) is 5. The lowest BCUT2D eigenvalue weighted by atomic mass is 10.1. The smallest absolute Gasteiger partial charge is 0.333 e. The predicted molar refractivity (Wildman–Crippen MR) is 53.3 cm³/mol. The van der Waals surface area contributed by atoms with E-state index in [4.69, 9.17) is 9.84 Å². The van der Waals surface area contributed by atoms with Gasteiger partial charge in [-0.15, -0.1) is 0 Å². The zero-order valence-electron chi connectivity index (χ0n) is 9.13. The van der Waals surface area contributed by atoms with E-state index >= 15 is 0 Å². The van der Waals surface area contributed by atoms with Crippen molar-refractivity contribution in [1.82, 2.24) is 0 Å². The van der Waals surface area contributed by atoms with Gasteiger partial charge in [0, 0.05) is 13.0 Å². The molecule has 0 heterocycles. The van der Waals surface area contributed by atoms with Gasteiger partial charge in [0.2, 0.25) is 6.29 Å². The molecular weight excluding hydrogens is 216 g/mol. The fourth-order valence-electron chi connectivity index (χ4n) is 0.861. The largest absolute Gasteiger partial charge is 0.481 e. The minimum atomic E-state index is -1.10. The van der Waals surface area contributed by atoms with Crippen LogP contribution in [0.5, 0.6) is 0 Å². The Labute approximate surface area is 92.8 Å². The fourth-order valence-corrected chi connectivity index (χ4v) is 0.861. The minimum absolute atomic E-state index is 0.332. The Morgan fingerprint density at radius 2 is 1.88 bits per heavy atom. The molecular formula is C10H14O6. The van der Waals surface area contributed by atoms with Crippen molar-refractivity contribution in [2.45, 2.75) is 26.6 Å². The van der Waals surface area contributed by atoms with Crippen molar-refractivity contribution < 1.29 is 29.0 Å². The van der Waals surface area contributed by atoms with Crippen LogP contribution < -0.4 is 0 Å². The van der Waals surface area contributed by atoms with Gasteiger partial charge in [-0.25, -0.2) is 4.79 Å². The van der Waals surface area contributed by atoms with Crippen molar-refractivity contribution in [3.63, 3.8) is 0 Å². The number of ether oxygens (including phenoxy) is 2. The molecule has 2 unspecified atom stereocenters. The fraction of sp³-hybridized carbons (Fsp3) is 0.500. The first kappa shape index (κ1) is 14.2. The summed E-state index contributed by atoms with van der Waals surface area (Å²) in [5, 5.41) is 8.44. The molecule has 0 aliphatic heterocycles. The summed E-state index contributed by atoms with van der Waals surface area (Å²) in [6, 6.07) is 0. The van der Waals surface area contributed by atoms with Gasteiger partial charge in [-0.2, -0.15) is 0 Å². The summed E-state index contributed by atoms with van der Waals surface area (Å²) < 4.78 is 9.27. The van der Waals surface area contributed by atoms with Crippen molar-refractivity contribution >= 4 is 17.9 Å². The zero-order valence-corrected chi connectivity index (χ0v) is 9.13. The number of carboxylic acids is 1. The van der Waals surface area contributed by atoms with Crippen LogP contribution in [-0.4, -0.2) is 29.3 Å². The average molecular weight is 230 g/mol. The van der Waals surface area contributed by atoms with Gasteiger partial charge in [-0.1, -0.05) is 13.5 Å². The number of esters is 2. The van der Waals surface area contributed by atoms with Gasteiger partial charge >= 0.3 is 17.9 Å². The number of rotatable bonds is 6. The van der Waals surface area contributed by atoms with Gasteiger partial charge < -0.3 is 14.6 Å². The minimum Gasteiger partial charge on any atom is -0.481 e. The third-order valence-electron chi connectivity index (χ3n) is 1.61. The predicted octanol–water partition coefficient (Wildman–Crippen LogP) is 0.716. The number of aliphatic carboxylic acids is 1. The molecule has 0 saturated heterocycles. The van der Waals surface area contributed by atoms with E-state index < -0.39 is 30.1 Å². The molecule has 0 fully saturated rings.